The molecule has 0 fully saturated rings. The fraction of sp³-hybridized carbons (Fsp3) is 0.375. The minimum atomic E-state index is -0.228. The van der Waals surface area contributed by atoms with Gasteiger partial charge in [-0.2, -0.15) is 0 Å². The minimum absolute atomic E-state index is 0.228. The molecule has 1 aromatic heterocycles. The normalized spacial score (nSPS) is 10.1. The molecule has 0 bridgehead atoms. The van der Waals surface area contributed by atoms with Gasteiger partial charge in [0.1, 0.15) is 0 Å². The van der Waals surface area contributed by atoms with Gasteiger partial charge in [-0.15, -0.1) is 0 Å². The molecule has 72 valence electrons. The van der Waals surface area contributed by atoms with Gasteiger partial charge < -0.3 is 15.5 Å². The van der Waals surface area contributed by atoms with Crippen LogP contribution in [0.4, 0.5) is 0 Å². The Morgan fingerprint density at radius 3 is 2.92 bits per heavy atom. The van der Waals surface area contributed by atoms with E-state index in [1.165, 1.54) is 0 Å². The Bertz CT molecular complexity index is 309. The van der Waals surface area contributed by atoms with Crippen molar-refractivity contribution in [2.45, 2.75) is 6.92 Å². The van der Waals surface area contributed by atoms with Crippen molar-refractivity contribution in [2.75, 3.05) is 13.1 Å². The third-order valence-electron chi connectivity index (χ3n) is 1.52. The summed E-state index contributed by atoms with van der Waals surface area (Å²) in [7, 11) is 0. The molecular weight excluding hydrogens is 236 g/mol. The van der Waals surface area contributed by atoms with Crippen LogP contribution in [0.5, 0.6) is 0 Å². The SMILES string of the molecule is Cc1cc(Br)oc1C(=O)NCCN. The quantitative estimate of drug-likeness (QED) is 0.838. The van der Waals surface area contributed by atoms with Crippen molar-refractivity contribution < 1.29 is 9.21 Å². The van der Waals surface area contributed by atoms with E-state index < -0.39 is 0 Å². The monoisotopic (exact) mass is 246 g/mol. The van der Waals surface area contributed by atoms with Crippen LogP contribution in [0.25, 0.3) is 0 Å². The summed E-state index contributed by atoms with van der Waals surface area (Å²) in [6.07, 6.45) is 0. The molecule has 0 saturated heterocycles. The molecule has 13 heavy (non-hydrogen) atoms. The zero-order valence-corrected chi connectivity index (χ0v) is 8.85. The molecule has 0 aliphatic heterocycles. The zero-order chi connectivity index (χ0) is 9.84. The first-order valence-corrected chi connectivity index (χ1v) is 4.68. The Labute approximate surface area is 84.6 Å². The van der Waals surface area contributed by atoms with Gasteiger partial charge in [-0.1, -0.05) is 0 Å². The van der Waals surface area contributed by atoms with Crippen LogP contribution in [0, 0.1) is 6.92 Å². The minimum Gasteiger partial charge on any atom is -0.444 e. The second kappa shape index (κ2) is 4.43. The molecule has 0 spiro atoms. The molecule has 5 heteroatoms. The second-order valence-electron chi connectivity index (χ2n) is 2.61. The highest BCUT2D eigenvalue weighted by atomic mass is 79.9. The van der Waals surface area contributed by atoms with E-state index in [4.69, 9.17) is 10.2 Å². The molecule has 0 unspecified atom stereocenters. The first-order valence-electron chi connectivity index (χ1n) is 3.89. The third kappa shape index (κ3) is 2.57. The summed E-state index contributed by atoms with van der Waals surface area (Å²) in [5, 5.41) is 2.62. The van der Waals surface area contributed by atoms with Crippen LogP contribution in [0.15, 0.2) is 15.2 Å². The molecule has 0 aromatic carbocycles. The van der Waals surface area contributed by atoms with Gasteiger partial charge in [0.25, 0.3) is 5.91 Å². The number of halogens is 1. The van der Waals surface area contributed by atoms with E-state index in [1.807, 2.05) is 6.92 Å². The molecule has 1 aromatic rings. The molecule has 0 atom stereocenters. The van der Waals surface area contributed by atoms with E-state index in [2.05, 4.69) is 21.2 Å². The van der Waals surface area contributed by atoms with Crippen molar-refractivity contribution in [1.29, 1.82) is 0 Å². The van der Waals surface area contributed by atoms with Crippen LogP contribution in [0.2, 0.25) is 0 Å². The van der Waals surface area contributed by atoms with Crippen molar-refractivity contribution in [3.8, 4) is 0 Å². The number of aryl methyl sites for hydroxylation is 1. The van der Waals surface area contributed by atoms with Gasteiger partial charge in [-0.25, -0.2) is 0 Å². The van der Waals surface area contributed by atoms with Crippen LogP contribution in [0.1, 0.15) is 16.1 Å². The van der Waals surface area contributed by atoms with Crippen molar-refractivity contribution in [3.63, 3.8) is 0 Å². The van der Waals surface area contributed by atoms with E-state index in [-0.39, 0.29) is 5.91 Å². The highest BCUT2D eigenvalue weighted by molar-refractivity contribution is 9.10. The number of carbonyl (C=O) groups excluding carboxylic acids is 1. The topological polar surface area (TPSA) is 68.3 Å². The van der Waals surface area contributed by atoms with E-state index in [9.17, 15) is 4.79 Å². The molecule has 1 heterocycles. The fourth-order valence-corrected chi connectivity index (χ4v) is 1.44. The Morgan fingerprint density at radius 1 is 1.77 bits per heavy atom. The highest BCUT2D eigenvalue weighted by Gasteiger charge is 2.13. The number of nitrogens with two attached hydrogens (primary N) is 1. The maximum Gasteiger partial charge on any atom is 0.287 e. The molecule has 0 saturated carbocycles. The van der Waals surface area contributed by atoms with Crippen LogP contribution in [0.3, 0.4) is 0 Å². The largest absolute Gasteiger partial charge is 0.444 e. The maximum atomic E-state index is 11.4. The van der Waals surface area contributed by atoms with Gasteiger partial charge in [-0.3, -0.25) is 4.79 Å². The first kappa shape index (κ1) is 10.3. The van der Waals surface area contributed by atoms with E-state index in [0.717, 1.165) is 5.56 Å². The van der Waals surface area contributed by atoms with E-state index in [1.54, 1.807) is 6.07 Å². The van der Waals surface area contributed by atoms with Crippen molar-refractivity contribution >= 4 is 21.8 Å². The number of nitrogens with one attached hydrogen (secondary N) is 1. The summed E-state index contributed by atoms with van der Waals surface area (Å²) >= 11 is 3.15. The summed E-state index contributed by atoms with van der Waals surface area (Å²) < 4.78 is 5.70. The van der Waals surface area contributed by atoms with Gasteiger partial charge in [0.2, 0.25) is 0 Å². The number of amides is 1. The van der Waals surface area contributed by atoms with Crippen molar-refractivity contribution in [3.05, 3.63) is 22.1 Å². The molecule has 0 radical (unpaired) electrons. The first-order chi connectivity index (χ1) is 6.15. The average molecular weight is 247 g/mol. The summed E-state index contributed by atoms with van der Waals surface area (Å²) in [6.45, 7) is 2.69. The Kier molecular flexibility index (Phi) is 3.50. The van der Waals surface area contributed by atoms with Crippen molar-refractivity contribution in [2.24, 2.45) is 5.73 Å². The molecule has 1 rings (SSSR count). The van der Waals surface area contributed by atoms with Gasteiger partial charge in [0.05, 0.1) is 0 Å². The average Bonchev–Trinajstić information content (AvgIpc) is 2.41. The second-order valence-corrected chi connectivity index (χ2v) is 3.39. The lowest BCUT2D eigenvalue weighted by molar-refractivity contribution is 0.0925. The van der Waals surface area contributed by atoms with E-state index >= 15 is 0 Å². The predicted molar refractivity (Wildman–Crippen MR) is 52.5 cm³/mol. The third-order valence-corrected chi connectivity index (χ3v) is 1.91. The van der Waals surface area contributed by atoms with Crippen LogP contribution in [-0.4, -0.2) is 19.0 Å². The van der Waals surface area contributed by atoms with Crippen LogP contribution in [-0.2, 0) is 0 Å². The van der Waals surface area contributed by atoms with Crippen LogP contribution >= 0.6 is 15.9 Å². The number of hydrogen-bond donors (Lipinski definition) is 2. The molecule has 1 amide bonds. The number of carbonyl (C=O) groups is 1. The maximum absolute atomic E-state index is 11.4. The highest BCUT2D eigenvalue weighted by Crippen LogP contribution is 2.19. The Morgan fingerprint density at radius 2 is 2.46 bits per heavy atom. The van der Waals surface area contributed by atoms with Gasteiger partial charge >= 0.3 is 0 Å². The van der Waals surface area contributed by atoms with Crippen LogP contribution < -0.4 is 11.1 Å². The predicted octanol–water partition coefficient (Wildman–Crippen LogP) is 1.04. The summed E-state index contributed by atoms with van der Waals surface area (Å²) in [4.78, 5) is 11.4. The molecule has 0 aliphatic rings. The summed E-state index contributed by atoms with van der Waals surface area (Å²) in [6, 6.07) is 1.75. The lowest BCUT2D eigenvalue weighted by atomic mass is 10.3. The number of furan rings is 1. The molecule has 3 N–H and O–H groups in total. The van der Waals surface area contributed by atoms with Crippen molar-refractivity contribution in [1.82, 2.24) is 5.32 Å². The molecule has 4 nitrogen and oxygen atoms in total. The fourth-order valence-electron chi connectivity index (χ4n) is 0.935. The Balaban J connectivity index is 2.70. The number of hydrogen-bond acceptors (Lipinski definition) is 3. The summed E-state index contributed by atoms with van der Waals surface area (Å²) in [5.41, 5.74) is 6.05. The number of rotatable bonds is 3. The van der Waals surface area contributed by atoms with Gasteiger partial charge in [-0.05, 0) is 28.9 Å². The van der Waals surface area contributed by atoms with E-state index in [0.29, 0.717) is 23.5 Å². The lowest BCUT2D eigenvalue weighted by Gasteiger charge is -2.00. The zero-order valence-electron chi connectivity index (χ0n) is 7.26. The Hall–Kier alpha value is -0.810. The summed E-state index contributed by atoms with van der Waals surface area (Å²) in [5.74, 6) is 0.106. The molecular formula is C8H11BrN2O2. The molecule has 0 aliphatic carbocycles. The lowest BCUT2D eigenvalue weighted by Crippen LogP contribution is -2.29. The van der Waals surface area contributed by atoms with Gasteiger partial charge in [0, 0.05) is 18.7 Å². The van der Waals surface area contributed by atoms with Gasteiger partial charge in [0.15, 0.2) is 10.4 Å². The smallest absolute Gasteiger partial charge is 0.287 e. The standard InChI is InChI=1S/C8H11BrN2O2/c1-5-4-6(9)13-7(5)8(12)11-3-2-10/h4H,2-3,10H2,1H3,(H,11,12).